The van der Waals surface area contributed by atoms with Gasteiger partial charge in [-0.15, -0.1) is 12.4 Å². The first-order valence-corrected chi connectivity index (χ1v) is 7.16. The lowest BCUT2D eigenvalue weighted by atomic mass is 10.2. The maximum atomic E-state index is 12.0. The molecule has 118 valence electrons. The lowest BCUT2D eigenvalue weighted by Gasteiger charge is -2.33. The summed E-state index contributed by atoms with van der Waals surface area (Å²) < 4.78 is 5.37. The number of benzene rings is 1. The van der Waals surface area contributed by atoms with Gasteiger partial charge >= 0.3 is 0 Å². The van der Waals surface area contributed by atoms with Gasteiger partial charge in [-0.2, -0.15) is 0 Å². The molecule has 6 heteroatoms. The van der Waals surface area contributed by atoms with Gasteiger partial charge in [0.05, 0.1) is 13.2 Å². The van der Waals surface area contributed by atoms with Gasteiger partial charge in [0, 0.05) is 31.4 Å². The molecule has 0 saturated carbocycles. The second kappa shape index (κ2) is 8.87. The number of hydrogen-bond acceptors (Lipinski definition) is 4. The van der Waals surface area contributed by atoms with Crippen molar-refractivity contribution >= 4 is 24.0 Å². The Bertz CT molecular complexity index is 439. The van der Waals surface area contributed by atoms with Crippen LogP contribution >= 0.6 is 12.4 Å². The van der Waals surface area contributed by atoms with Crippen molar-refractivity contribution in [3.63, 3.8) is 0 Å². The van der Waals surface area contributed by atoms with Crippen LogP contribution in [0.25, 0.3) is 0 Å². The largest absolute Gasteiger partial charge is 0.494 e. The van der Waals surface area contributed by atoms with Crippen molar-refractivity contribution in [1.82, 2.24) is 10.2 Å². The molecule has 1 amide bonds. The van der Waals surface area contributed by atoms with E-state index in [2.05, 4.69) is 22.5 Å². The summed E-state index contributed by atoms with van der Waals surface area (Å²) >= 11 is 0. The van der Waals surface area contributed by atoms with Crippen molar-refractivity contribution in [2.24, 2.45) is 0 Å². The van der Waals surface area contributed by atoms with Crippen LogP contribution in [0.5, 0.6) is 5.75 Å². The number of rotatable bonds is 5. The summed E-state index contributed by atoms with van der Waals surface area (Å²) in [4.78, 5) is 14.2. The molecule has 0 spiro atoms. The number of amides is 1. The minimum absolute atomic E-state index is 0. The monoisotopic (exact) mass is 313 g/mol. The molecule has 1 saturated heterocycles. The van der Waals surface area contributed by atoms with Gasteiger partial charge in [-0.3, -0.25) is 9.69 Å². The molecular weight excluding hydrogens is 290 g/mol. The minimum Gasteiger partial charge on any atom is -0.494 e. The summed E-state index contributed by atoms with van der Waals surface area (Å²) in [5.41, 5.74) is 0.807. The van der Waals surface area contributed by atoms with E-state index in [1.54, 1.807) is 0 Å². The number of nitrogens with zero attached hydrogens (tertiary/aromatic N) is 1. The Balaban J connectivity index is 0.00000220. The summed E-state index contributed by atoms with van der Waals surface area (Å²) in [6, 6.07) is 7.86. The average Bonchev–Trinajstić information content (AvgIpc) is 2.44. The number of hydrogen-bond donors (Lipinski definition) is 2. The van der Waals surface area contributed by atoms with Crippen LogP contribution in [0.3, 0.4) is 0 Å². The van der Waals surface area contributed by atoms with Gasteiger partial charge in [0.1, 0.15) is 5.75 Å². The molecule has 2 rings (SSSR count). The quantitative estimate of drug-likeness (QED) is 0.869. The van der Waals surface area contributed by atoms with Crippen molar-refractivity contribution < 1.29 is 9.53 Å². The lowest BCUT2D eigenvalue weighted by Crippen LogP contribution is -2.51. The molecule has 5 nitrogen and oxygen atoms in total. The molecule has 21 heavy (non-hydrogen) atoms. The number of halogens is 1. The van der Waals surface area contributed by atoms with Crippen molar-refractivity contribution in [1.29, 1.82) is 0 Å². The van der Waals surface area contributed by atoms with Gasteiger partial charge in [-0.25, -0.2) is 0 Å². The third-order valence-corrected chi connectivity index (χ3v) is 3.43. The third-order valence-electron chi connectivity index (χ3n) is 3.43. The molecule has 1 fully saturated rings. The molecule has 0 aliphatic carbocycles. The zero-order valence-electron chi connectivity index (χ0n) is 12.6. The van der Waals surface area contributed by atoms with E-state index < -0.39 is 0 Å². The van der Waals surface area contributed by atoms with Crippen LogP contribution in [0.15, 0.2) is 24.3 Å². The zero-order chi connectivity index (χ0) is 14.4. The van der Waals surface area contributed by atoms with Crippen LogP contribution < -0.4 is 15.4 Å². The number of carbonyl (C=O) groups excluding carboxylic acids is 1. The fourth-order valence-electron chi connectivity index (χ4n) is 2.30. The van der Waals surface area contributed by atoms with Crippen molar-refractivity contribution in [2.75, 3.05) is 38.1 Å². The predicted octanol–water partition coefficient (Wildman–Crippen LogP) is 1.74. The Hall–Kier alpha value is -1.30. The van der Waals surface area contributed by atoms with Crippen LogP contribution in [0, 0.1) is 0 Å². The number of nitrogens with one attached hydrogen (secondary N) is 2. The van der Waals surface area contributed by atoms with E-state index in [4.69, 9.17) is 4.74 Å². The second-order valence-corrected chi connectivity index (χ2v) is 5.03. The molecule has 1 atom stereocenters. The van der Waals surface area contributed by atoms with Gasteiger partial charge in [-0.1, -0.05) is 0 Å². The average molecular weight is 314 g/mol. The predicted molar refractivity (Wildman–Crippen MR) is 87.4 cm³/mol. The Morgan fingerprint density at radius 2 is 2.14 bits per heavy atom. The first kappa shape index (κ1) is 17.8. The summed E-state index contributed by atoms with van der Waals surface area (Å²) in [6.07, 6.45) is 0. The SMILES string of the molecule is CCOc1ccc(NC(=O)CN2CCNC[C@H]2C)cc1.Cl. The molecule has 0 aromatic heterocycles. The first-order chi connectivity index (χ1) is 9.69. The summed E-state index contributed by atoms with van der Waals surface area (Å²) in [5, 5.41) is 6.24. The van der Waals surface area contributed by atoms with Crippen LogP contribution in [0.2, 0.25) is 0 Å². The van der Waals surface area contributed by atoms with Crippen molar-refractivity contribution in [2.45, 2.75) is 19.9 Å². The molecule has 1 aliphatic rings. The lowest BCUT2D eigenvalue weighted by molar-refractivity contribution is -0.118. The summed E-state index contributed by atoms with van der Waals surface area (Å²) in [5.74, 6) is 0.851. The van der Waals surface area contributed by atoms with Crippen LogP contribution in [0.1, 0.15) is 13.8 Å². The fraction of sp³-hybridized carbons (Fsp3) is 0.533. The third kappa shape index (κ3) is 5.53. The molecule has 0 bridgehead atoms. The molecule has 1 aromatic rings. The molecular formula is C15H24ClN3O2. The topological polar surface area (TPSA) is 53.6 Å². The number of piperazine rings is 1. The van der Waals surface area contributed by atoms with E-state index in [0.29, 0.717) is 19.2 Å². The van der Waals surface area contributed by atoms with Gasteiger partial charge in [0.2, 0.25) is 5.91 Å². The van der Waals surface area contributed by atoms with Crippen molar-refractivity contribution in [3.05, 3.63) is 24.3 Å². The molecule has 1 aliphatic heterocycles. The smallest absolute Gasteiger partial charge is 0.238 e. The molecule has 2 N–H and O–H groups in total. The highest BCUT2D eigenvalue weighted by molar-refractivity contribution is 5.92. The van der Waals surface area contributed by atoms with Gasteiger partial charge in [-0.05, 0) is 38.1 Å². The van der Waals surface area contributed by atoms with Crippen LogP contribution in [-0.2, 0) is 4.79 Å². The number of anilines is 1. The number of carbonyl (C=O) groups is 1. The van der Waals surface area contributed by atoms with Crippen LogP contribution in [-0.4, -0.2) is 49.6 Å². The van der Waals surface area contributed by atoms with Crippen molar-refractivity contribution in [3.8, 4) is 5.75 Å². The van der Waals surface area contributed by atoms with Gasteiger partial charge in [0.15, 0.2) is 0 Å². The maximum absolute atomic E-state index is 12.0. The number of ether oxygens (including phenoxy) is 1. The first-order valence-electron chi connectivity index (χ1n) is 7.16. The minimum atomic E-state index is 0. The van der Waals surface area contributed by atoms with E-state index in [1.807, 2.05) is 31.2 Å². The van der Waals surface area contributed by atoms with Crippen LogP contribution in [0.4, 0.5) is 5.69 Å². The Labute approximate surface area is 132 Å². The Kier molecular flexibility index (Phi) is 7.50. The normalized spacial score (nSPS) is 18.7. The highest BCUT2D eigenvalue weighted by Crippen LogP contribution is 2.15. The van der Waals surface area contributed by atoms with Gasteiger partial charge in [0.25, 0.3) is 0 Å². The van der Waals surface area contributed by atoms with E-state index in [1.165, 1.54) is 0 Å². The fourth-order valence-corrected chi connectivity index (χ4v) is 2.30. The molecule has 0 unspecified atom stereocenters. The maximum Gasteiger partial charge on any atom is 0.238 e. The molecule has 0 radical (unpaired) electrons. The second-order valence-electron chi connectivity index (χ2n) is 5.03. The highest BCUT2D eigenvalue weighted by Gasteiger charge is 2.20. The van der Waals surface area contributed by atoms with E-state index in [9.17, 15) is 4.79 Å². The Morgan fingerprint density at radius 3 is 2.76 bits per heavy atom. The standard InChI is InChI=1S/C15H23N3O2.ClH/c1-3-20-14-6-4-13(5-7-14)17-15(19)11-18-9-8-16-10-12(18)2;/h4-7,12,16H,3,8-11H2,1-2H3,(H,17,19);1H/t12-;/m1./s1. The van der Waals surface area contributed by atoms with Gasteiger partial charge < -0.3 is 15.4 Å². The highest BCUT2D eigenvalue weighted by atomic mass is 35.5. The molecule has 1 aromatic carbocycles. The van der Waals surface area contributed by atoms with E-state index in [-0.39, 0.29) is 18.3 Å². The summed E-state index contributed by atoms with van der Waals surface area (Å²) in [6.45, 7) is 7.97. The molecule has 1 heterocycles. The Morgan fingerprint density at radius 1 is 1.43 bits per heavy atom. The summed E-state index contributed by atoms with van der Waals surface area (Å²) in [7, 11) is 0. The zero-order valence-corrected chi connectivity index (χ0v) is 13.4. The van der Waals surface area contributed by atoms with E-state index in [0.717, 1.165) is 31.1 Å². The van der Waals surface area contributed by atoms with E-state index >= 15 is 0 Å².